The van der Waals surface area contributed by atoms with E-state index in [9.17, 15) is 0 Å². The summed E-state index contributed by atoms with van der Waals surface area (Å²) in [6, 6.07) is 12.0. The number of nitrogens with one attached hydrogen (secondary N) is 1. The number of hydrogen-bond donors (Lipinski definition) is 1. The zero-order valence-corrected chi connectivity index (χ0v) is 14.0. The normalized spacial score (nSPS) is 24.6. The van der Waals surface area contributed by atoms with Gasteiger partial charge in [0, 0.05) is 31.7 Å². The first-order valence-electron chi connectivity index (χ1n) is 8.27. The van der Waals surface area contributed by atoms with Crippen LogP contribution in [0.15, 0.2) is 42.0 Å². The van der Waals surface area contributed by atoms with E-state index >= 15 is 0 Å². The van der Waals surface area contributed by atoms with Gasteiger partial charge in [-0.3, -0.25) is 4.90 Å². The molecule has 0 aliphatic carbocycles. The molecule has 0 spiro atoms. The van der Waals surface area contributed by atoms with Crippen LogP contribution in [0.4, 0.5) is 0 Å². The van der Waals surface area contributed by atoms with E-state index in [1.165, 1.54) is 17.6 Å². The highest BCUT2D eigenvalue weighted by Crippen LogP contribution is 2.26. The Morgan fingerprint density at radius 2 is 2.05 bits per heavy atom. The summed E-state index contributed by atoms with van der Waals surface area (Å²) in [7, 11) is 0. The van der Waals surface area contributed by atoms with E-state index in [-0.39, 0.29) is 0 Å². The highest BCUT2D eigenvalue weighted by Gasteiger charge is 2.30. The van der Waals surface area contributed by atoms with Gasteiger partial charge >= 0.3 is 0 Å². The molecular weight excluding hydrogens is 256 g/mol. The fourth-order valence-corrected chi connectivity index (χ4v) is 3.01. The predicted octanol–water partition coefficient (Wildman–Crippen LogP) is 4.01. The molecule has 1 heterocycles. The number of piperazine rings is 1. The van der Waals surface area contributed by atoms with Crippen molar-refractivity contribution in [3.8, 4) is 0 Å². The molecule has 3 unspecified atom stereocenters. The van der Waals surface area contributed by atoms with Crippen molar-refractivity contribution in [2.75, 3.05) is 19.6 Å². The van der Waals surface area contributed by atoms with E-state index in [1.807, 2.05) is 0 Å². The van der Waals surface area contributed by atoms with Crippen LogP contribution in [0.2, 0.25) is 0 Å². The zero-order chi connectivity index (χ0) is 15.2. The van der Waals surface area contributed by atoms with Gasteiger partial charge in [0.25, 0.3) is 0 Å². The molecule has 2 nitrogen and oxygen atoms in total. The Kier molecular flexibility index (Phi) is 6.01. The van der Waals surface area contributed by atoms with E-state index in [0.717, 1.165) is 25.6 Å². The molecule has 1 aromatic carbocycles. The molecule has 116 valence electrons. The maximum absolute atomic E-state index is 3.77. The smallest absolute Gasteiger partial charge is 0.0476 e. The lowest BCUT2D eigenvalue weighted by molar-refractivity contribution is 0.122. The van der Waals surface area contributed by atoms with Crippen molar-refractivity contribution in [3.05, 3.63) is 47.5 Å². The van der Waals surface area contributed by atoms with Crippen LogP contribution in [-0.4, -0.2) is 30.6 Å². The van der Waals surface area contributed by atoms with E-state index in [0.29, 0.717) is 12.1 Å². The zero-order valence-electron chi connectivity index (χ0n) is 14.0. The third kappa shape index (κ3) is 4.42. The fraction of sp³-hybridized carbons (Fsp3) is 0.579. The first-order chi connectivity index (χ1) is 10.1. The third-order valence-corrected chi connectivity index (χ3v) is 4.69. The minimum atomic E-state index is 0.488. The van der Waals surface area contributed by atoms with Gasteiger partial charge in [-0.05, 0) is 25.3 Å². The Hall–Kier alpha value is -1.12. The van der Waals surface area contributed by atoms with E-state index in [1.54, 1.807) is 0 Å². The van der Waals surface area contributed by atoms with Crippen LogP contribution in [0.3, 0.4) is 0 Å². The molecule has 1 N–H and O–H groups in total. The van der Waals surface area contributed by atoms with Gasteiger partial charge in [0.15, 0.2) is 0 Å². The van der Waals surface area contributed by atoms with Gasteiger partial charge in [-0.15, -0.1) is 0 Å². The molecule has 0 radical (unpaired) electrons. The Morgan fingerprint density at radius 1 is 1.33 bits per heavy atom. The van der Waals surface area contributed by atoms with Gasteiger partial charge in [-0.25, -0.2) is 0 Å². The molecule has 0 bridgehead atoms. The third-order valence-electron chi connectivity index (χ3n) is 4.69. The lowest BCUT2D eigenvalue weighted by atomic mass is 9.93. The van der Waals surface area contributed by atoms with Crippen molar-refractivity contribution in [1.82, 2.24) is 10.2 Å². The summed E-state index contributed by atoms with van der Waals surface area (Å²) in [5, 5.41) is 3.77. The molecule has 21 heavy (non-hydrogen) atoms. The number of hydrogen-bond acceptors (Lipinski definition) is 2. The molecular formula is C19H30N2. The summed E-state index contributed by atoms with van der Waals surface area (Å²) < 4.78 is 0. The van der Waals surface area contributed by atoms with Crippen LogP contribution in [0.25, 0.3) is 0 Å². The summed E-state index contributed by atoms with van der Waals surface area (Å²) >= 11 is 0. The maximum atomic E-state index is 3.77. The van der Waals surface area contributed by atoms with Crippen molar-refractivity contribution in [2.45, 2.75) is 46.2 Å². The van der Waals surface area contributed by atoms with Crippen molar-refractivity contribution in [2.24, 2.45) is 5.92 Å². The quantitative estimate of drug-likeness (QED) is 0.823. The van der Waals surface area contributed by atoms with Crippen LogP contribution in [-0.2, 0) is 0 Å². The van der Waals surface area contributed by atoms with Crippen LogP contribution in [0.1, 0.15) is 45.7 Å². The molecule has 1 aliphatic heterocycles. The molecule has 1 aromatic rings. The first kappa shape index (κ1) is 16.3. The second kappa shape index (κ2) is 7.77. The van der Waals surface area contributed by atoms with Crippen molar-refractivity contribution in [1.29, 1.82) is 0 Å². The second-order valence-electron chi connectivity index (χ2n) is 6.56. The number of rotatable bonds is 5. The molecule has 1 saturated heterocycles. The van der Waals surface area contributed by atoms with Gasteiger partial charge in [-0.1, -0.05) is 62.2 Å². The average molecular weight is 286 g/mol. The number of allylic oxidation sites excluding steroid dienone is 1. The van der Waals surface area contributed by atoms with Gasteiger partial charge < -0.3 is 5.32 Å². The summed E-state index contributed by atoms with van der Waals surface area (Å²) in [6.45, 7) is 12.3. The maximum Gasteiger partial charge on any atom is 0.0476 e. The minimum Gasteiger partial charge on any atom is -0.311 e. The average Bonchev–Trinajstić information content (AvgIpc) is 2.52. The topological polar surface area (TPSA) is 15.3 Å². The Morgan fingerprint density at radius 3 is 2.67 bits per heavy atom. The van der Waals surface area contributed by atoms with E-state index in [2.05, 4.69) is 74.3 Å². The van der Waals surface area contributed by atoms with Crippen LogP contribution in [0.5, 0.6) is 0 Å². The van der Waals surface area contributed by atoms with E-state index in [4.69, 9.17) is 0 Å². The molecule has 0 amide bonds. The van der Waals surface area contributed by atoms with Crippen LogP contribution in [0, 0.1) is 5.92 Å². The standard InChI is InChI=1S/C19H30N2/c1-5-16(4)18-14-21(12-11-15(2)3)19(13-20-18)17-9-7-6-8-10-17/h6-11,16,18-20H,5,12-14H2,1-4H3. The second-order valence-corrected chi connectivity index (χ2v) is 6.56. The number of benzene rings is 1. The van der Waals surface area contributed by atoms with Crippen molar-refractivity contribution in [3.63, 3.8) is 0 Å². The molecule has 0 saturated carbocycles. The summed E-state index contributed by atoms with van der Waals surface area (Å²) in [5.41, 5.74) is 2.83. The van der Waals surface area contributed by atoms with Crippen molar-refractivity contribution < 1.29 is 0 Å². The molecule has 2 heteroatoms. The Bertz CT molecular complexity index is 448. The minimum absolute atomic E-state index is 0.488. The molecule has 2 rings (SSSR count). The lowest BCUT2D eigenvalue weighted by Crippen LogP contribution is -2.54. The van der Waals surface area contributed by atoms with Crippen LogP contribution < -0.4 is 5.32 Å². The SMILES string of the molecule is CCC(C)C1CN(CC=C(C)C)C(c2ccccc2)CN1. The first-order valence-corrected chi connectivity index (χ1v) is 8.27. The van der Waals surface area contributed by atoms with Gasteiger partial charge in [0.05, 0.1) is 0 Å². The van der Waals surface area contributed by atoms with Gasteiger partial charge in [0.1, 0.15) is 0 Å². The van der Waals surface area contributed by atoms with Crippen LogP contribution >= 0.6 is 0 Å². The fourth-order valence-electron chi connectivity index (χ4n) is 3.01. The summed E-state index contributed by atoms with van der Waals surface area (Å²) in [4.78, 5) is 2.63. The summed E-state index contributed by atoms with van der Waals surface area (Å²) in [6.07, 6.45) is 3.60. The highest BCUT2D eigenvalue weighted by molar-refractivity contribution is 5.20. The molecule has 3 atom stereocenters. The summed E-state index contributed by atoms with van der Waals surface area (Å²) in [5.74, 6) is 0.732. The monoisotopic (exact) mass is 286 g/mol. The number of nitrogens with zero attached hydrogens (tertiary/aromatic N) is 1. The van der Waals surface area contributed by atoms with Gasteiger partial charge in [0.2, 0.25) is 0 Å². The molecule has 0 aromatic heterocycles. The Labute approximate surface area is 130 Å². The largest absolute Gasteiger partial charge is 0.311 e. The van der Waals surface area contributed by atoms with Crippen molar-refractivity contribution >= 4 is 0 Å². The lowest BCUT2D eigenvalue weighted by Gasteiger charge is -2.42. The van der Waals surface area contributed by atoms with Gasteiger partial charge in [-0.2, -0.15) is 0 Å². The Balaban J connectivity index is 2.14. The predicted molar refractivity (Wildman–Crippen MR) is 91.4 cm³/mol. The molecule has 1 aliphatic rings. The van der Waals surface area contributed by atoms with E-state index < -0.39 is 0 Å². The highest BCUT2D eigenvalue weighted by atomic mass is 15.2. The molecule has 1 fully saturated rings.